The molecule has 0 aliphatic heterocycles. The summed E-state index contributed by atoms with van der Waals surface area (Å²) in [5, 5.41) is 10.9. The molecule has 0 amide bonds. The fourth-order valence-corrected chi connectivity index (χ4v) is 3.37. The van der Waals surface area contributed by atoms with Gasteiger partial charge in [-0.2, -0.15) is 0 Å². The first-order valence-electron chi connectivity index (χ1n) is 5.98. The van der Waals surface area contributed by atoms with Crippen molar-refractivity contribution in [2.45, 2.75) is 49.6 Å². The molecule has 1 saturated carbocycles. The molecule has 90 valence electrons. The minimum Gasteiger partial charge on any atom is -0.390 e. The summed E-state index contributed by atoms with van der Waals surface area (Å²) in [6.45, 7) is 2.41. The van der Waals surface area contributed by atoms with Crippen LogP contribution in [0.5, 0.6) is 0 Å². The van der Waals surface area contributed by atoms with Crippen LogP contribution in [0.2, 0.25) is 0 Å². The van der Waals surface area contributed by atoms with Gasteiger partial charge in [-0.05, 0) is 31.6 Å². The van der Waals surface area contributed by atoms with E-state index in [2.05, 4.69) is 11.9 Å². The lowest BCUT2D eigenvalue weighted by atomic mass is 9.91. The summed E-state index contributed by atoms with van der Waals surface area (Å²) in [5.41, 5.74) is 0.895. The molecule has 0 saturated heterocycles. The second-order valence-corrected chi connectivity index (χ2v) is 6.02. The van der Waals surface area contributed by atoms with Gasteiger partial charge in [0.1, 0.15) is 0 Å². The van der Waals surface area contributed by atoms with Crippen molar-refractivity contribution in [3.63, 3.8) is 0 Å². The van der Waals surface area contributed by atoms with Crippen LogP contribution in [-0.2, 0) is 13.7 Å². The smallest absolute Gasteiger partial charge is 0.168 e. The van der Waals surface area contributed by atoms with Crippen molar-refractivity contribution in [3.05, 3.63) is 11.9 Å². The molecule has 0 unspecified atom stereocenters. The maximum Gasteiger partial charge on any atom is 0.168 e. The standard InChI is InChI=1S/C12H20N2OS/c1-9-3-5-11(6-4-9)16-12-13-7-10(8-15)14(12)2/h7,9,11,15H,3-6,8H2,1-2H3. The predicted molar refractivity (Wildman–Crippen MR) is 66.4 cm³/mol. The number of hydrogen-bond donors (Lipinski definition) is 1. The fraction of sp³-hybridized carbons (Fsp3) is 0.750. The molecule has 1 aromatic rings. The van der Waals surface area contributed by atoms with Crippen LogP contribution < -0.4 is 0 Å². The van der Waals surface area contributed by atoms with Gasteiger partial charge in [-0.15, -0.1) is 0 Å². The number of thioether (sulfide) groups is 1. The third-order valence-electron chi connectivity index (χ3n) is 3.44. The fourth-order valence-electron chi connectivity index (χ4n) is 2.18. The monoisotopic (exact) mass is 240 g/mol. The van der Waals surface area contributed by atoms with Gasteiger partial charge in [-0.25, -0.2) is 4.98 Å². The Labute approximate surface area is 101 Å². The van der Waals surface area contributed by atoms with Crippen LogP contribution in [0.25, 0.3) is 0 Å². The Kier molecular flexibility index (Phi) is 3.92. The van der Waals surface area contributed by atoms with E-state index in [0.29, 0.717) is 5.25 Å². The summed E-state index contributed by atoms with van der Waals surface area (Å²) in [7, 11) is 1.98. The van der Waals surface area contributed by atoms with E-state index in [9.17, 15) is 0 Å². The Hall–Kier alpha value is -0.480. The Morgan fingerprint density at radius 3 is 2.69 bits per heavy atom. The van der Waals surface area contributed by atoms with E-state index < -0.39 is 0 Å². The van der Waals surface area contributed by atoms with Gasteiger partial charge in [0.2, 0.25) is 0 Å². The van der Waals surface area contributed by atoms with Crippen LogP contribution in [0.3, 0.4) is 0 Å². The molecule has 4 heteroatoms. The first kappa shape index (κ1) is 12.0. The van der Waals surface area contributed by atoms with Gasteiger partial charge in [0.15, 0.2) is 5.16 Å². The van der Waals surface area contributed by atoms with Crippen molar-refractivity contribution in [1.82, 2.24) is 9.55 Å². The zero-order valence-corrected chi connectivity index (χ0v) is 10.8. The number of hydrogen-bond acceptors (Lipinski definition) is 3. The van der Waals surface area contributed by atoms with E-state index in [0.717, 1.165) is 16.8 Å². The normalized spacial score (nSPS) is 25.9. The van der Waals surface area contributed by atoms with Crippen LogP contribution in [0, 0.1) is 5.92 Å². The topological polar surface area (TPSA) is 38.1 Å². The van der Waals surface area contributed by atoms with Gasteiger partial charge in [0.05, 0.1) is 18.5 Å². The summed E-state index contributed by atoms with van der Waals surface area (Å²) in [6.07, 6.45) is 7.05. The lowest BCUT2D eigenvalue weighted by molar-refractivity contribution is 0.271. The summed E-state index contributed by atoms with van der Waals surface area (Å²) < 4.78 is 2.00. The van der Waals surface area contributed by atoms with Crippen molar-refractivity contribution in [3.8, 4) is 0 Å². The van der Waals surface area contributed by atoms with E-state index in [1.807, 2.05) is 23.4 Å². The molecular weight excluding hydrogens is 220 g/mol. The van der Waals surface area contributed by atoms with Crippen molar-refractivity contribution in [2.24, 2.45) is 13.0 Å². The highest BCUT2D eigenvalue weighted by atomic mass is 32.2. The van der Waals surface area contributed by atoms with Gasteiger partial charge >= 0.3 is 0 Å². The number of aliphatic hydroxyl groups excluding tert-OH is 1. The van der Waals surface area contributed by atoms with Crippen molar-refractivity contribution in [1.29, 1.82) is 0 Å². The molecular formula is C12H20N2OS. The maximum atomic E-state index is 9.10. The Morgan fingerprint density at radius 1 is 1.44 bits per heavy atom. The van der Waals surface area contributed by atoms with Gasteiger partial charge < -0.3 is 9.67 Å². The van der Waals surface area contributed by atoms with Gasteiger partial charge in [0.25, 0.3) is 0 Å². The second kappa shape index (κ2) is 5.23. The third kappa shape index (κ3) is 2.61. The molecule has 1 aliphatic rings. The van der Waals surface area contributed by atoms with Crippen molar-refractivity contribution >= 4 is 11.8 Å². The molecule has 3 nitrogen and oxygen atoms in total. The first-order valence-corrected chi connectivity index (χ1v) is 6.86. The minimum atomic E-state index is 0.0752. The summed E-state index contributed by atoms with van der Waals surface area (Å²) >= 11 is 1.87. The van der Waals surface area contributed by atoms with Crippen LogP contribution >= 0.6 is 11.8 Å². The number of imidazole rings is 1. The lowest BCUT2D eigenvalue weighted by Gasteiger charge is -2.25. The average molecular weight is 240 g/mol. The van der Waals surface area contributed by atoms with E-state index in [1.165, 1.54) is 25.7 Å². The largest absolute Gasteiger partial charge is 0.390 e. The summed E-state index contributed by atoms with van der Waals surface area (Å²) in [5.74, 6) is 0.895. The zero-order valence-electron chi connectivity index (χ0n) is 10.0. The average Bonchev–Trinajstić information content (AvgIpc) is 2.63. The molecule has 16 heavy (non-hydrogen) atoms. The summed E-state index contributed by atoms with van der Waals surface area (Å²) in [6, 6.07) is 0. The van der Waals surface area contributed by atoms with E-state index in [-0.39, 0.29) is 6.61 Å². The van der Waals surface area contributed by atoms with Crippen LogP contribution in [-0.4, -0.2) is 19.9 Å². The molecule has 0 radical (unpaired) electrons. The van der Waals surface area contributed by atoms with E-state index in [4.69, 9.17) is 5.11 Å². The molecule has 2 rings (SSSR count). The van der Waals surface area contributed by atoms with Gasteiger partial charge in [0, 0.05) is 12.3 Å². The number of aromatic nitrogens is 2. The van der Waals surface area contributed by atoms with Crippen molar-refractivity contribution < 1.29 is 5.11 Å². The second-order valence-electron chi connectivity index (χ2n) is 4.75. The zero-order chi connectivity index (χ0) is 11.5. The Bertz CT molecular complexity index is 343. The molecule has 0 bridgehead atoms. The third-order valence-corrected chi connectivity index (χ3v) is 4.83. The first-order chi connectivity index (χ1) is 7.70. The van der Waals surface area contributed by atoms with Gasteiger partial charge in [-0.1, -0.05) is 18.7 Å². The number of aliphatic hydroxyl groups is 1. The highest BCUT2D eigenvalue weighted by Crippen LogP contribution is 2.35. The van der Waals surface area contributed by atoms with Crippen molar-refractivity contribution in [2.75, 3.05) is 0 Å². The Morgan fingerprint density at radius 2 is 2.12 bits per heavy atom. The molecule has 1 aromatic heterocycles. The lowest BCUT2D eigenvalue weighted by Crippen LogP contribution is -2.14. The quantitative estimate of drug-likeness (QED) is 0.882. The maximum absolute atomic E-state index is 9.10. The molecule has 0 spiro atoms. The van der Waals surface area contributed by atoms with Gasteiger partial charge in [-0.3, -0.25) is 0 Å². The molecule has 1 N–H and O–H groups in total. The van der Waals surface area contributed by atoms with Crippen LogP contribution in [0.4, 0.5) is 0 Å². The van der Waals surface area contributed by atoms with E-state index >= 15 is 0 Å². The van der Waals surface area contributed by atoms with E-state index in [1.54, 1.807) is 6.20 Å². The molecule has 1 heterocycles. The minimum absolute atomic E-state index is 0.0752. The summed E-state index contributed by atoms with van der Waals surface area (Å²) in [4.78, 5) is 4.37. The molecule has 0 aromatic carbocycles. The van der Waals surface area contributed by atoms with Crippen LogP contribution in [0.1, 0.15) is 38.3 Å². The highest BCUT2D eigenvalue weighted by Gasteiger charge is 2.20. The Balaban J connectivity index is 1.96. The number of rotatable bonds is 3. The SMILES string of the molecule is CC1CCC(Sc2ncc(CO)n2C)CC1. The molecule has 1 aliphatic carbocycles. The highest BCUT2D eigenvalue weighted by molar-refractivity contribution is 7.99. The predicted octanol–water partition coefficient (Wildman–Crippen LogP) is 2.58. The van der Waals surface area contributed by atoms with Crippen LogP contribution in [0.15, 0.2) is 11.4 Å². The molecule has 0 atom stereocenters. The number of nitrogens with zero attached hydrogens (tertiary/aromatic N) is 2. The molecule has 1 fully saturated rings.